The number of esters is 1. The van der Waals surface area contributed by atoms with Crippen molar-refractivity contribution in [3.05, 3.63) is 70.5 Å². The van der Waals surface area contributed by atoms with E-state index in [-0.39, 0.29) is 24.6 Å². The summed E-state index contributed by atoms with van der Waals surface area (Å²) in [6.45, 7) is 5.41. The van der Waals surface area contributed by atoms with Gasteiger partial charge in [-0.2, -0.15) is 5.10 Å². The summed E-state index contributed by atoms with van der Waals surface area (Å²) >= 11 is 5.92. The number of methoxy groups -OCH3 is 1. The lowest BCUT2D eigenvalue weighted by molar-refractivity contribution is -0.158. The molecule has 0 aliphatic carbocycles. The van der Waals surface area contributed by atoms with Crippen LogP contribution in [0.5, 0.6) is 11.5 Å². The van der Waals surface area contributed by atoms with Crippen molar-refractivity contribution in [3.8, 4) is 28.4 Å². The van der Waals surface area contributed by atoms with Crippen LogP contribution in [0.15, 0.2) is 59.9 Å². The molecule has 182 valence electrons. The minimum absolute atomic E-state index is 0.133. The highest BCUT2D eigenvalue weighted by molar-refractivity contribution is 6.30. The van der Waals surface area contributed by atoms with E-state index in [1.807, 2.05) is 0 Å². The fourth-order valence-electron chi connectivity index (χ4n) is 3.45. The maximum atomic E-state index is 13.2. The monoisotopic (exact) mass is 496 g/mol. The van der Waals surface area contributed by atoms with E-state index in [4.69, 9.17) is 25.8 Å². The summed E-state index contributed by atoms with van der Waals surface area (Å²) in [5.74, 6) is 0.578. The lowest BCUT2D eigenvalue weighted by atomic mass is 10.1. The smallest absolute Gasteiger partial charge is 0.306 e. The summed E-state index contributed by atoms with van der Waals surface area (Å²) < 4.78 is 19.7. The predicted molar refractivity (Wildman–Crippen MR) is 132 cm³/mol. The van der Waals surface area contributed by atoms with Crippen LogP contribution in [0.1, 0.15) is 27.2 Å². The van der Waals surface area contributed by atoms with E-state index < -0.39 is 5.60 Å². The van der Waals surface area contributed by atoms with Crippen molar-refractivity contribution in [3.63, 3.8) is 0 Å². The summed E-state index contributed by atoms with van der Waals surface area (Å²) in [5, 5.41) is 4.90. The van der Waals surface area contributed by atoms with Gasteiger partial charge in [0.1, 0.15) is 24.1 Å². The van der Waals surface area contributed by atoms with Gasteiger partial charge in [0.15, 0.2) is 11.5 Å². The fourth-order valence-corrected chi connectivity index (χ4v) is 3.56. The number of ether oxygens (including phenoxy) is 3. The van der Waals surface area contributed by atoms with Crippen LogP contribution in [0.25, 0.3) is 22.5 Å². The van der Waals surface area contributed by atoms with Crippen LogP contribution in [0.2, 0.25) is 5.02 Å². The fraction of sp³-hybridized carbons (Fsp3) is 0.280. The molecule has 0 radical (unpaired) electrons. The van der Waals surface area contributed by atoms with E-state index in [9.17, 15) is 9.59 Å². The number of aromatic nitrogens is 4. The van der Waals surface area contributed by atoms with E-state index in [1.165, 1.54) is 22.5 Å². The summed E-state index contributed by atoms with van der Waals surface area (Å²) in [4.78, 5) is 29.2. The molecule has 0 N–H and O–H groups in total. The van der Waals surface area contributed by atoms with Crippen molar-refractivity contribution >= 4 is 23.1 Å². The van der Waals surface area contributed by atoms with Gasteiger partial charge in [0.25, 0.3) is 5.56 Å². The molecule has 0 aliphatic rings. The lowest BCUT2D eigenvalue weighted by Gasteiger charge is -2.25. The van der Waals surface area contributed by atoms with Gasteiger partial charge in [-0.05, 0) is 44.2 Å². The van der Waals surface area contributed by atoms with Crippen LogP contribution in [0.4, 0.5) is 0 Å². The number of hydrogen-bond donors (Lipinski definition) is 0. The van der Waals surface area contributed by atoms with Crippen LogP contribution < -0.4 is 15.0 Å². The number of carbonyl (C=O) groups excluding carboxylic acids is 1. The average Bonchev–Trinajstić information content (AvgIpc) is 3.28. The molecular weight excluding hydrogens is 472 g/mol. The Morgan fingerprint density at radius 2 is 1.94 bits per heavy atom. The first-order chi connectivity index (χ1) is 16.7. The van der Waals surface area contributed by atoms with Crippen LogP contribution in [-0.4, -0.2) is 44.5 Å². The quantitative estimate of drug-likeness (QED) is 0.335. The van der Waals surface area contributed by atoms with Gasteiger partial charge in [0.05, 0.1) is 23.5 Å². The van der Waals surface area contributed by atoms with E-state index in [0.717, 1.165) is 5.56 Å². The van der Waals surface area contributed by atoms with E-state index in [0.29, 0.717) is 33.4 Å². The van der Waals surface area contributed by atoms with Gasteiger partial charge in [0, 0.05) is 30.4 Å². The first-order valence-electron chi connectivity index (χ1n) is 11.0. The average molecular weight is 497 g/mol. The SMILES string of the molecule is CCC(=O)OC(C)(C)COc1ccc(-n2cnn3cc(-c4ccc(Cl)cn4)cc3c2=O)cc1OC. The first-order valence-corrected chi connectivity index (χ1v) is 11.3. The molecule has 0 bridgehead atoms. The molecule has 4 rings (SSSR count). The number of pyridine rings is 1. The van der Waals surface area contributed by atoms with Crippen molar-refractivity contribution in [2.45, 2.75) is 32.8 Å². The van der Waals surface area contributed by atoms with Gasteiger partial charge in [-0.15, -0.1) is 0 Å². The topological polar surface area (TPSA) is 97.0 Å². The summed E-state index contributed by atoms with van der Waals surface area (Å²) in [6.07, 6.45) is 5.02. The molecule has 0 spiro atoms. The van der Waals surface area contributed by atoms with Crippen LogP contribution in [0, 0.1) is 0 Å². The number of rotatable bonds is 8. The third-order valence-electron chi connectivity index (χ3n) is 5.23. The van der Waals surface area contributed by atoms with Gasteiger partial charge in [-0.3, -0.25) is 19.1 Å². The molecule has 3 heterocycles. The van der Waals surface area contributed by atoms with Gasteiger partial charge in [-0.25, -0.2) is 4.52 Å². The first kappa shape index (κ1) is 24.3. The minimum Gasteiger partial charge on any atom is -0.493 e. The molecule has 0 atom stereocenters. The third-order valence-corrected chi connectivity index (χ3v) is 5.46. The Labute approximate surface area is 206 Å². The molecule has 0 saturated heterocycles. The molecule has 35 heavy (non-hydrogen) atoms. The Morgan fingerprint density at radius 3 is 2.63 bits per heavy atom. The Hall–Kier alpha value is -3.85. The molecule has 0 amide bonds. The van der Waals surface area contributed by atoms with E-state index in [1.54, 1.807) is 69.6 Å². The molecule has 4 aromatic rings. The largest absolute Gasteiger partial charge is 0.493 e. The number of benzene rings is 1. The molecule has 10 heteroatoms. The highest BCUT2D eigenvalue weighted by atomic mass is 35.5. The van der Waals surface area contributed by atoms with Crippen molar-refractivity contribution in [2.24, 2.45) is 0 Å². The zero-order valence-corrected chi connectivity index (χ0v) is 20.6. The molecule has 0 saturated carbocycles. The van der Waals surface area contributed by atoms with Gasteiger partial charge < -0.3 is 14.2 Å². The molecule has 0 aliphatic heterocycles. The van der Waals surface area contributed by atoms with E-state index >= 15 is 0 Å². The van der Waals surface area contributed by atoms with Crippen molar-refractivity contribution in [1.82, 2.24) is 19.2 Å². The second-order valence-electron chi connectivity index (χ2n) is 8.44. The number of carbonyl (C=O) groups is 1. The zero-order chi connectivity index (χ0) is 25.2. The van der Waals surface area contributed by atoms with Crippen molar-refractivity contribution in [2.75, 3.05) is 13.7 Å². The van der Waals surface area contributed by atoms with Gasteiger partial charge in [0.2, 0.25) is 0 Å². The van der Waals surface area contributed by atoms with Gasteiger partial charge in [-0.1, -0.05) is 18.5 Å². The minimum atomic E-state index is -0.811. The number of hydrogen-bond acceptors (Lipinski definition) is 7. The summed E-state index contributed by atoms with van der Waals surface area (Å²) in [6, 6.07) is 10.4. The molecule has 9 nitrogen and oxygen atoms in total. The normalized spacial score (nSPS) is 11.5. The molecule has 0 fully saturated rings. The lowest BCUT2D eigenvalue weighted by Crippen LogP contribution is -2.34. The highest BCUT2D eigenvalue weighted by Gasteiger charge is 2.24. The van der Waals surface area contributed by atoms with Crippen LogP contribution in [0.3, 0.4) is 0 Å². The summed E-state index contributed by atoms with van der Waals surface area (Å²) in [5.41, 5.74) is 1.30. The maximum Gasteiger partial charge on any atom is 0.306 e. The summed E-state index contributed by atoms with van der Waals surface area (Å²) in [7, 11) is 1.51. The predicted octanol–water partition coefficient (Wildman–Crippen LogP) is 4.32. The molecule has 3 aromatic heterocycles. The maximum absolute atomic E-state index is 13.2. The second kappa shape index (κ2) is 9.79. The van der Waals surface area contributed by atoms with Crippen molar-refractivity contribution in [1.29, 1.82) is 0 Å². The Bertz CT molecular complexity index is 1430. The standard InChI is InChI=1S/C25H25ClN4O5/c1-5-23(31)35-25(2,3)14-34-21-9-7-18(11-22(21)33-4)29-15-28-30-13-16(10-20(30)24(29)32)19-8-6-17(26)12-27-19/h6-13,15H,5,14H2,1-4H3. The third kappa shape index (κ3) is 5.30. The Balaban J connectivity index is 1.62. The highest BCUT2D eigenvalue weighted by Crippen LogP contribution is 2.30. The van der Waals surface area contributed by atoms with Gasteiger partial charge >= 0.3 is 5.97 Å². The van der Waals surface area contributed by atoms with E-state index in [2.05, 4.69) is 10.1 Å². The number of nitrogens with zero attached hydrogens (tertiary/aromatic N) is 4. The Kier molecular flexibility index (Phi) is 6.79. The molecular formula is C25H25ClN4O5. The van der Waals surface area contributed by atoms with Crippen LogP contribution in [-0.2, 0) is 9.53 Å². The number of fused-ring (bicyclic) bond motifs is 1. The van der Waals surface area contributed by atoms with Crippen LogP contribution >= 0.6 is 11.6 Å². The molecule has 0 unspecified atom stereocenters. The zero-order valence-electron chi connectivity index (χ0n) is 19.8. The molecule has 1 aromatic carbocycles. The Morgan fingerprint density at radius 1 is 1.14 bits per heavy atom. The number of halogens is 1. The van der Waals surface area contributed by atoms with Crippen molar-refractivity contribution < 1.29 is 19.0 Å². The second-order valence-corrected chi connectivity index (χ2v) is 8.87.